The maximum atomic E-state index is 13.2. The summed E-state index contributed by atoms with van der Waals surface area (Å²) in [5.74, 6) is 0.0475. The molecule has 1 atom stereocenters. The average Bonchev–Trinajstić information content (AvgIpc) is 3.44. The molecule has 0 saturated carbocycles. The minimum atomic E-state index is -0.894. The van der Waals surface area contributed by atoms with Gasteiger partial charge in [-0.2, -0.15) is 0 Å². The van der Waals surface area contributed by atoms with Crippen molar-refractivity contribution < 1.29 is 33.2 Å². The molecule has 2 aliphatic heterocycles. The first kappa shape index (κ1) is 28.7. The number of halogens is 1. The lowest BCUT2D eigenvalue weighted by atomic mass is 9.80. The van der Waals surface area contributed by atoms with E-state index < -0.39 is 11.9 Å². The number of hydrogen-bond acceptors (Lipinski definition) is 7. The number of likely N-dealkylation sites (tertiary alicyclic amines) is 1. The second kappa shape index (κ2) is 13.7. The maximum absolute atomic E-state index is 13.2. The Kier molecular flexibility index (Phi) is 9.58. The van der Waals surface area contributed by atoms with Crippen LogP contribution in [0.4, 0.5) is 10.1 Å². The van der Waals surface area contributed by atoms with Crippen LogP contribution in [0.2, 0.25) is 0 Å². The third-order valence-electron chi connectivity index (χ3n) is 7.32. The van der Waals surface area contributed by atoms with Gasteiger partial charge in [0.25, 0.3) is 0 Å². The Hall–Kier alpha value is -3.83. The Morgan fingerprint density at radius 1 is 0.902 bits per heavy atom. The number of amides is 2. The van der Waals surface area contributed by atoms with E-state index in [1.807, 2.05) is 30.3 Å². The van der Waals surface area contributed by atoms with E-state index in [1.54, 1.807) is 24.3 Å². The number of nitrogens with one attached hydrogen (secondary N) is 2. The third kappa shape index (κ3) is 8.34. The van der Waals surface area contributed by atoms with Crippen molar-refractivity contribution in [2.24, 2.45) is 5.41 Å². The predicted molar refractivity (Wildman–Crippen MR) is 150 cm³/mol. The van der Waals surface area contributed by atoms with Crippen LogP contribution in [0.1, 0.15) is 18.4 Å². The fourth-order valence-electron chi connectivity index (χ4n) is 4.82. The Morgan fingerprint density at radius 2 is 1.54 bits per heavy atom. The number of ether oxygens (including phenoxy) is 2. The van der Waals surface area contributed by atoms with Gasteiger partial charge in [0.1, 0.15) is 23.4 Å². The summed E-state index contributed by atoms with van der Waals surface area (Å²) in [6.45, 7) is 3.21. The van der Waals surface area contributed by atoms with Crippen LogP contribution in [-0.4, -0.2) is 62.2 Å². The van der Waals surface area contributed by atoms with Gasteiger partial charge in [-0.05, 0) is 80.0 Å². The number of nitrogens with zero attached hydrogens (tertiary/aromatic N) is 1. The molecule has 0 aromatic heterocycles. The highest BCUT2D eigenvalue weighted by Crippen LogP contribution is 2.35. The second-order valence-electron chi connectivity index (χ2n) is 10.5. The smallest absolute Gasteiger partial charge is 0.249 e. The van der Waals surface area contributed by atoms with Gasteiger partial charge in [0.15, 0.2) is 0 Å². The van der Waals surface area contributed by atoms with Crippen LogP contribution >= 0.6 is 0 Å². The number of anilines is 1. The zero-order chi connectivity index (χ0) is 28.5. The van der Waals surface area contributed by atoms with Crippen LogP contribution in [0.25, 0.3) is 0 Å². The highest BCUT2D eigenvalue weighted by molar-refractivity contribution is 5.97. The molecule has 1 unspecified atom stereocenters. The van der Waals surface area contributed by atoms with E-state index in [9.17, 15) is 14.0 Å². The quantitative estimate of drug-likeness (QED) is 0.336. The van der Waals surface area contributed by atoms with E-state index >= 15 is 0 Å². The summed E-state index contributed by atoms with van der Waals surface area (Å²) in [6, 6.07) is 21.2. The van der Waals surface area contributed by atoms with Gasteiger partial charge in [0, 0.05) is 11.1 Å². The normalized spacial score (nSPS) is 17.2. The fourth-order valence-corrected chi connectivity index (χ4v) is 4.82. The first-order valence-corrected chi connectivity index (χ1v) is 13.7. The molecule has 2 amide bonds. The number of rotatable bonds is 11. The van der Waals surface area contributed by atoms with Crippen molar-refractivity contribution in [1.82, 2.24) is 10.2 Å². The Balaban J connectivity index is 1.16. The molecule has 1 spiro atoms. The molecule has 2 fully saturated rings. The van der Waals surface area contributed by atoms with Crippen molar-refractivity contribution in [3.05, 3.63) is 90.2 Å². The van der Waals surface area contributed by atoms with Crippen LogP contribution in [-0.2, 0) is 30.7 Å². The van der Waals surface area contributed by atoms with Crippen LogP contribution < -0.4 is 15.4 Å². The molecule has 216 valence electrons. The molecule has 0 aliphatic carbocycles. The summed E-state index contributed by atoms with van der Waals surface area (Å²) in [6.07, 6.45) is 1.79. The number of carbonyl (C=O) groups excluding carboxylic acids is 2. The van der Waals surface area contributed by atoms with E-state index in [0.29, 0.717) is 37.0 Å². The Labute approximate surface area is 238 Å². The van der Waals surface area contributed by atoms with E-state index in [-0.39, 0.29) is 30.3 Å². The molecule has 0 bridgehead atoms. The standard InChI is InChI=1S/C31H34FN3O6/c32-24-6-10-26(11-7-24)41-27-12-8-25(9-13-27)33-30(37)28(20-38-19-23-4-2-1-3-5-23)34-29(36)18-35-16-14-31(15-17-35)21-39-40-22-31/h1-13,28H,14-22H2,(H,33,37)(H,34,36). The monoisotopic (exact) mass is 563 g/mol. The largest absolute Gasteiger partial charge is 0.457 e. The zero-order valence-electron chi connectivity index (χ0n) is 22.7. The van der Waals surface area contributed by atoms with Gasteiger partial charge in [-0.3, -0.25) is 14.5 Å². The lowest BCUT2D eigenvalue weighted by Crippen LogP contribution is -2.51. The van der Waals surface area contributed by atoms with Gasteiger partial charge in [-0.1, -0.05) is 30.3 Å². The van der Waals surface area contributed by atoms with E-state index in [0.717, 1.165) is 31.5 Å². The Morgan fingerprint density at radius 3 is 2.20 bits per heavy atom. The molecule has 5 rings (SSSR count). The molecule has 3 aromatic carbocycles. The molecule has 41 heavy (non-hydrogen) atoms. The summed E-state index contributed by atoms with van der Waals surface area (Å²) >= 11 is 0. The topological polar surface area (TPSA) is 98.4 Å². The summed E-state index contributed by atoms with van der Waals surface area (Å²) in [4.78, 5) is 38.5. The molecule has 2 N–H and O–H groups in total. The third-order valence-corrected chi connectivity index (χ3v) is 7.32. The van der Waals surface area contributed by atoms with Gasteiger partial charge in [0.2, 0.25) is 11.8 Å². The SMILES string of the molecule is O=C(CN1CCC2(CC1)COOC2)NC(COCc1ccccc1)C(=O)Nc1ccc(Oc2ccc(F)cc2)cc1. The number of hydrogen-bond donors (Lipinski definition) is 2. The fraction of sp³-hybridized carbons (Fsp3) is 0.355. The maximum Gasteiger partial charge on any atom is 0.249 e. The summed E-state index contributed by atoms with van der Waals surface area (Å²) < 4.78 is 24.7. The lowest BCUT2D eigenvalue weighted by molar-refractivity contribution is -0.248. The highest BCUT2D eigenvalue weighted by atomic mass is 19.1. The van der Waals surface area contributed by atoms with Crippen molar-refractivity contribution in [1.29, 1.82) is 0 Å². The van der Waals surface area contributed by atoms with E-state index in [2.05, 4.69) is 15.5 Å². The van der Waals surface area contributed by atoms with Crippen molar-refractivity contribution in [3.63, 3.8) is 0 Å². The van der Waals surface area contributed by atoms with Crippen LogP contribution in [0, 0.1) is 11.2 Å². The Bertz CT molecular complexity index is 1270. The van der Waals surface area contributed by atoms with Crippen molar-refractivity contribution in [3.8, 4) is 11.5 Å². The number of benzene rings is 3. The predicted octanol–water partition coefficient (Wildman–Crippen LogP) is 4.30. The van der Waals surface area contributed by atoms with Gasteiger partial charge in [-0.25, -0.2) is 14.2 Å². The summed E-state index contributed by atoms with van der Waals surface area (Å²) in [5.41, 5.74) is 1.54. The zero-order valence-corrected chi connectivity index (χ0v) is 22.7. The molecule has 2 heterocycles. The molecule has 0 radical (unpaired) electrons. The second-order valence-corrected chi connectivity index (χ2v) is 10.5. The van der Waals surface area contributed by atoms with Crippen molar-refractivity contribution >= 4 is 17.5 Å². The lowest BCUT2D eigenvalue weighted by Gasteiger charge is -2.36. The van der Waals surface area contributed by atoms with E-state index in [4.69, 9.17) is 19.2 Å². The molecular formula is C31H34FN3O6. The van der Waals surface area contributed by atoms with Crippen LogP contribution in [0.15, 0.2) is 78.9 Å². The average molecular weight is 564 g/mol. The van der Waals surface area contributed by atoms with Gasteiger partial charge < -0.3 is 20.1 Å². The first-order chi connectivity index (χ1) is 20.0. The van der Waals surface area contributed by atoms with E-state index in [1.165, 1.54) is 24.3 Å². The number of piperidine rings is 1. The minimum Gasteiger partial charge on any atom is -0.457 e. The van der Waals surface area contributed by atoms with Crippen LogP contribution in [0.5, 0.6) is 11.5 Å². The van der Waals surface area contributed by atoms with Crippen LogP contribution in [0.3, 0.4) is 0 Å². The molecule has 2 aliphatic rings. The molecule has 3 aromatic rings. The van der Waals surface area contributed by atoms with Gasteiger partial charge in [-0.15, -0.1) is 0 Å². The first-order valence-electron chi connectivity index (χ1n) is 13.7. The highest BCUT2D eigenvalue weighted by Gasteiger charge is 2.40. The minimum absolute atomic E-state index is 0.00994. The molecule has 2 saturated heterocycles. The number of carbonyl (C=O) groups is 2. The summed E-state index contributed by atoms with van der Waals surface area (Å²) in [5, 5.41) is 5.71. The summed E-state index contributed by atoms with van der Waals surface area (Å²) in [7, 11) is 0. The van der Waals surface area contributed by atoms with Crippen molar-refractivity contribution in [2.45, 2.75) is 25.5 Å². The molecular weight excluding hydrogens is 529 g/mol. The molecule has 9 nitrogen and oxygen atoms in total. The van der Waals surface area contributed by atoms with Crippen molar-refractivity contribution in [2.75, 3.05) is 44.8 Å². The van der Waals surface area contributed by atoms with Gasteiger partial charge in [0.05, 0.1) is 33.0 Å². The van der Waals surface area contributed by atoms with Gasteiger partial charge >= 0.3 is 0 Å². The molecule has 10 heteroatoms.